The monoisotopic (exact) mass is 275 g/mol. The summed E-state index contributed by atoms with van der Waals surface area (Å²) in [6.45, 7) is 8.28. The largest absolute Gasteiger partial charge is 0.490 e. The Morgan fingerprint density at radius 2 is 2.00 bits per heavy atom. The van der Waals surface area contributed by atoms with Crippen molar-refractivity contribution >= 4 is 0 Å². The summed E-state index contributed by atoms with van der Waals surface area (Å²) in [5.74, 6) is 4.05. The second-order valence-electron chi connectivity index (χ2n) is 6.41. The SMILES string of the molecule is CC(C)CNCC1CC1c1ccc2c(c1)OCCCO2. The highest BCUT2D eigenvalue weighted by Crippen LogP contribution is 2.48. The number of hydrogen-bond acceptors (Lipinski definition) is 3. The maximum atomic E-state index is 5.77. The molecule has 20 heavy (non-hydrogen) atoms. The highest BCUT2D eigenvalue weighted by Gasteiger charge is 2.38. The molecule has 0 radical (unpaired) electrons. The molecule has 0 amide bonds. The predicted molar refractivity (Wildman–Crippen MR) is 80.6 cm³/mol. The van der Waals surface area contributed by atoms with Crippen molar-refractivity contribution in [3.05, 3.63) is 23.8 Å². The second kappa shape index (κ2) is 6.04. The van der Waals surface area contributed by atoms with Crippen LogP contribution in [0.25, 0.3) is 0 Å². The van der Waals surface area contributed by atoms with E-state index in [1.807, 2.05) is 0 Å². The summed E-state index contributed by atoms with van der Waals surface area (Å²) < 4.78 is 11.5. The second-order valence-corrected chi connectivity index (χ2v) is 6.41. The van der Waals surface area contributed by atoms with Crippen LogP contribution in [0.1, 0.15) is 38.2 Å². The molecule has 1 saturated carbocycles. The Kier molecular flexibility index (Phi) is 4.16. The molecule has 3 heteroatoms. The molecule has 1 aromatic carbocycles. The number of ether oxygens (including phenoxy) is 2. The van der Waals surface area contributed by atoms with Gasteiger partial charge < -0.3 is 14.8 Å². The summed E-state index contributed by atoms with van der Waals surface area (Å²) in [6, 6.07) is 6.47. The fourth-order valence-electron chi connectivity index (χ4n) is 2.85. The zero-order valence-electron chi connectivity index (χ0n) is 12.5. The molecule has 0 spiro atoms. The first-order chi connectivity index (χ1) is 9.74. The van der Waals surface area contributed by atoms with E-state index in [1.54, 1.807) is 0 Å². The van der Waals surface area contributed by atoms with Gasteiger partial charge in [0.05, 0.1) is 13.2 Å². The quantitative estimate of drug-likeness (QED) is 0.895. The van der Waals surface area contributed by atoms with Crippen LogP contribution < -0.4 is 14.8 Å². The molecule has 0 aromatic heterocycles. The molecule has 1 heterocycles. The average Bonchev–Trinajstić information content (AvgIpc) is 3.20. The Labute approximate surface area is 121 Å². The van der Waals surface area contributed by atoms with Crippen LogP contribution >= 0.6 is 0 Å². The van der Waals surface area contributed by atoms with Crippen molar-refractivity contribution in [1.82, 2.24) is 5.32 Å². The van der Waals surface area contributed by atoms with E-state index in [-0.39, 0.29) is 0 Å². The van der Waals surface area contributed by atoms with Gasteiger partial charge in [-0.3, -0.25) is 0 Å². The molecule has 1 aliphatic heterocycles. The van der Waals surface area contributed by atoms with Crippen LogP contribution in [0.4, 0.5) is 0 Å². The molecule has 110 valence electrons. The van der Waals surface area contributed by atoms with Crippen molar-refractivity contribution in [3.8, 4) is 11.5 Å². The van der Waals surface area contributed by atoms with Gasteiger partial charge in [-0.15, -0.1) is 0 Å². The first kappa shape index (κ1) is 13.7. The smallest absolute Gasteiger partial charge is 0.161 e. The molecule has 0 bridgehead atoms. The lowest BCUT2D eigenvalue weighted by atomic mass is 10.1. The molecule has 1 aromatic rings. The van der Waals surface area contributed by atoms with Gasteiger partial charge in [-0.25, -0.2) is 0 Å². The van der Waals surface area contributed by atoms with E-state index < -0.39 is 0 Å². The minimum absolute atomic E-state index is 0.701. The number of rotatable bonds is 5. The van der Waals surface area contributed by atoms with Crippen molar-refractivity contribution in [2.45, 2.75) is 32.6 Å². The van der Waals surface area contributed by atoms with Gasteiger partial charge >= 0.3 is 0 Å². The standard InChI is InChI=1S/C17H25NO2/c1-12(2)10-18-11-14-8-15(14)13-4-5-16-17(9-13)20-7-3-6-19-16/h4-5,9,12,14-15,18H,3,6-8,10-11H2,1-2H3. The summed E-state index contributed by atoms with van der Waals surface area (Å²) in [7, 11) is 0. The first-order valence-corrected chi connectivity index (χ1v) is 7.84. The van der Waals surface area contributed by atoms with Crippen molar-refractivity contribution in [2.75, 3.05) is 26.3 Å². The van der Waals surface area contributed by atoms with Gasteiger partial charge in [0.1, 0.15) is 0 Å². The Hall–Kier alpha value is -1.22. The highest BCUT2D eigenvalue weighted by molar-refractivity contribution is 5.45. The van der Waals surface area contributed by atoms with Crippen LogP contribution in [0.3, 0.4) is 0 Å². The number of hydrogen-bond donors (Lipinski definition) is 1. The number of nitrogens with one attached hydrogen (secondary N) is 1. The van der Waals surface area contributed by atoms with Gasteiger partial charge in [-0.1, -0.05) is 19.9 Å². The normalized spacial score (nSPS) is 24.6. The van der Waals surface area contributed by atoms with Gasteiger partial charge in [0.15, 0.2) is 11.5 Å². The van der Waals surface area contributed by atoms with Gasteiger partial charge in [-0.2, -0.15) is 0 Å². The molecule has 1 fully saturated rings. The third-order valence-corrected chi connectivity index (χ3v) is 4.08. The molecule has 2 unspecified atom stereocenters. The summed E-state index contributed by atoms with van der Waals surface area (Å²) in [6.07, 6.45) is 2.26. The van der Waals surface area contributed by atoms with E-state index in [1.165, 1.54) is 12.0 Å². The summed E-state index contributed by atoms with van der Waals surface area (Å²) >= 11 is 0. The zero-order chi connectivity index (χ0) is 13.9. The van der Waals surface area contributed by atoms with Crippen LogP contribution in [0, 0.1) is 11.8 Å². The third-order valence-electron chi connectivity index (χ3n) is 4.08. The Morgan fingerprint density at radius 3 is 2.80 bits per heavy atom. The van der Waals surface area contributed by atoms with Crippen LogP contribution in [-0.4, -0.2) is 26.3 Å². The first-order valence-electron chi connectivity index (χ1n) is 7.84. The molecule has 1 aliphatic carbocycles. The molecule has 2 atom stereocenters. The zero-order valence-corrected chi connectivity index (χ0v) is 12.5. The van der Waals surface area contributed by atoms with Gasteiger partial charge in [-0.05, 0) is 55.0 Å². The molecule has 3 nitrogen and oxygen atoms in total. The lowest BCUT2D eigenvalue weighted by Crippen LogP contribution is -2.22. The molecule has 3 rings (SSSR count). The number of benzene rings is 1. The van der Waals surface area contributed by atoms with Crippen LogP contribution in [-0.2, 0) is 0 Å². The maximum absolute atomic E-state index is 5.77. The summed E-state index contributed by atoms with van der Waals surface area (Å²) in [5, 5.41) is 3.56. The maximum Gasteiger partial charge on any atom is 0.161 e. The van der Waals surface area contributed by atoms with E-state index >= 15 is 0 Å². The molecular formula is C17H25NO2. The fraction of sp³-hybridized carbons (Fsp3) is 0.647. The Bertz CT molecular complexity index is 458. The Morgan fingerprint density at radius 1 is 1.20 bits per heavy atom. The molecule has 2 aliphatic rings. The van der Waals surface area contributed by atoms with Crippen LogP contribution in [0.5, 0.6) is 11.5 Å². The summed E-state index contributed by atoms with van der Waals surface area (Å²) in [5.41, 5.74) is 1.41. The molecule has 1 N–H and O–H groups in total. The fourth-order valence-corrected chi connectivity index (χ4v) is 2.85. The van der Waals surface area contributed by atoms with E-state index in [4.69, 9.17) is 9.47 Å². The highest BCUT2D eigenvalue weighted by atomic mass is 16.5. The lowest BCUT2D eigenvalue weighted by molar-refractivity contribution is 0.297. The van der Waals surface area contributed by atoms with Gasteiger partial charge in [0, 0.05) is 6.42 Å². The number of fused-ring (bicyclic) bond motifs is 1. The third kappa shape index (κ3) is 3.26. The summed E-state index contributed by atoms with van der Waals surface area (Å²) in [4.78, 5) is 0. The van der Waals surface area contributed by atoms with Crippen molar-refractivity contribution in [2.24, 2.45) is 11.8 Å². The average molecular weight is 275 g/mol. The lowest BCUT2D eigenvalue weighted by Gasteiger charge is -2.10. The van der Waals surface area contributed by atoms with Gasteiger partial charge in [0.2, 0.25) is 0 Å². The minimum atomic E-state index is 0.701. The van der Waals surface area contributed by atoms with E-state index in [2.05, 4.69) is 37.4 Å². The topological polar surface area (TPSA) is 30.5 Å². The molecule has 0 saturated heterocycles. The van der Waals surface area contributed by atoms with Crippen molar-refractivity contribution < 1.29 is 9.47 Å². The van der Waals surface area contributed by atoms with Gasteiger partial charge in [0.25, 0.3) is 0 Å². The van der Waals surface area contributed by atoms with E-state index in [9.17, 15) is 0 Å². The molecular weight excluding hydrogens is 250 g/mol. The Balaban J connectivity index is 1.58. The van der Waals surface area contributed by atoms with Crippen molar-refractivity contribution in [1.29, 1.82) is 0 Å². The predicted octanol–water partition coefficient (Wildman–Crippen LogP) is 3.20. The van der Waals surface area contributed by atoms with Crippen LogP contribution in [0.2, 0.25) is 0 Å². The van der Waals surface area contributed by atoms with Crippen LogP contribution in [0.15, 0.2) is 18.2 Å². The van der Waals surface area contributed by atoms with E-state index in [0.29, 0.717) is 5.92 Å². The van der Waals surface area contributed by atoms with Crippen molar-refractivity contribution in [3.63, 3.8) is 0 Å². The minimum Gasteiger partial charge on any atom is -0.490 e. The van der Waals surface area contributed by atoms with E-state index in [0.717, 1.165) is 56.1 Å².